The summed E-state index contributed by atoms with van der Waals surface area (Å²) in [6, 6.07) is 6.99. The number of aromatic nitrogens is 1. The number of nitrogens with one attached hydrogen (secondary N) is 1. The van der Waals surface area contributed by atoms with Crippen LogP contribution < -0.4 is 10.1 Å². The standard InChI is InChI=1S/C23H25N3O5/c24-12-18-17-11-15(31-14-5-2-1-3-6-14)7-8-16(17)20(27)19(26-18)21(28)25-13-23(22(29)30)9-4-10-23/h7-8,11,14,27H,1-6,9-10,13H2,(H,25,28)(H,29,30). The average Bonchev–Trinajstić information content (AvgIpc) is 2.73. The van der Waals surface area contributed by atoms with Crippen LogP contribution in [0.3, 0.4) is 0 Å². The highest BCUT2D eigenvalue weighted by atomic mass is 16.5. The number of amides is 1. The molecule has 2 aliphatic carbocycles. The summed E-state index contributed by atoms with van der Waals surface area (Å²) in [7, 11) is 0. The molecule has 0 aliphatic heterocycles. The summed E-state index contributed by atoms with van der Waals surface area (Å²) in [4.78, 5) is 28.2. The van der Waals surface area contributed by atoms with Crippen LogP contribution in [0.2, 0.25) is 0 Å². The van der Waals surface area contributed by atoms with Crippen molar-refractivity contribution in [2.75, 3.05) is 6.54 Å². The largest absolute Gasteiger partial charge is 0.505 e. The minimum Gasteiger partial charge on any atom is -0.505 e. The number of carbonyl (C=O) groups is 2. The van der Waals surface area contributed by atoms with E-state index in [1.54, 1.807) is 18.2 Å². The zero-order valence-corrected chi connectivity index (χ0v) is 17.2. The van der Waals surface area contributed by atoms with Gasteiger partial charge in [0.05, 0.1) is 11.5 Å². The van der Waals surface area contributed by atoms with E-state index in [0.29, 0.717) is 29.4 Å². The first kappa shape index (κ1) is 20.9. The smallest absolute Gasteiger partial charge is 0.311 e. The van der Waals surface area contributed by atoms with Gasteiger partial charge in [0.1, 0.15) is 17.5 Å². The highest BCUT2D eigenvalue weighted by Crippen LogP contribution is 2.40. The fourth-order valence-corrected chi connectivity index (χ4v) is 4.37. The molecular weight excluding hydrogens is 398 g/mol. The predicted molar refractivity (Wildman–Crippen MR) is 112 cm³/mol. The van der Waals surface area contributed by atoms with Crippen molar-refractivity contribution in [2.24, 2.45) is 5.41 Å². The number of carboxylic acids is 1. The number of fused-ring (bicyclic) bond motifs is 1. The van der Waals surface area contributed by atoms with Crippen LogP contribution in [0.4, 0.5) is 0 Å². The molecule has 0 spiro atoms. The summed E-state index contributed by atoms with van der Waals surface area (Å²) in [5, 5.41) is 33.0. The molecule has 4 rings (SSSR count). The van der Waals surface area contributed by atoms with E-state index in [4.69, 9.17) is 4.74 Å². The molecule has 1 aromatic carbocycles. The third kappa shape index (κ3) is 4.00. The van der Waals surface area contributed by atoms with E-state index in [9.17, 15) is 25.1 Å². The first-order chi connectivity index (χ1) is 14.9. The van der Waals surface area contributed by atoms with Crippen LogP contribution in [0.5, 0.6) is 11.5 Å². The molecule has 1 amide bonds. The number of ether oxygens (including phenoxy) is 1. The number of aliphatic carboxylic acids is 1. The molecule has 2 aromatic rings. The number of rotatable bonds is 6. The van der Waals surface area contributed by atoms with Crippen molar-refractivity contribution in [1.29, 1.82) is 5.26 Å². The van der Waals surface area contributed by atoms with E-state index in [1.807, 2.05) is 6.07 Å². The van der Waals surface area contributed by atoms with Gasteiger partial charge in [-0.1, -0.05) is 12.8 Å². The van der Waals surface area contributed by atoms with Crippen molar-refractivity contribution in [1.82, 2.24) is 10.3 Å². The lowest BCUT2D eigenvalue weighted by Gasteiger charge is -2.37. The van der Waals surface area contributed by atoms with Gasteiger partial charge in [0.15, 0.2) is 11.4 Å². The summed E-state index contributed by atoms with van der Waals surface area (Å²) in [5.74, 6) is -1.39. The maximum absolute atomic E-state index is 12.7. The van der Waals surface area contributed by atoms with Gasteiger partial charge < -0.3 is 20.3 Å². The molecule has 162 valence electrons. The molecule has 2 saturated carbocycles. The van der Waals surface area contributed by atoms with Gasteiger partial charge in [0.25, 0.3) is 5.91 Å². The molecule has 0 bridgehead atoms. The Morgan fingerprint density at radius 3 is 2.55 bits per heavy atom. The summed E-state index contributed by atoms with van der Waals surface area (Å²) in [6.45, 7) is -0.0453. The van der Waals surface area contributed by atoms with E-state index < -0.39 is 17.3 Å². The second-order valence-electron chi connectivity index (χ2n) is 8.48. The van der Waals surface area contributed by atoms with Crippen LogP contribution in [0, 0.1) is 16.7 Å². The maximum Gasteiger partial charge on any atom is 0.311 e. The number of benzene rings is 1. The van der Waals surface area contributed by atoms with Crippen LogP contribution in [0.15, 0.2) is 18.2 Å². The lowest BCUT2D eigenvalue weighted by Crippen LogP contribution is -2.47. The van der Waals surface area contributed by atoms with Gasteiger partial charge in [0, 0.05) is 17.3 Å². The van der Waals surface area contributed by atoms with Crippen LogP contribution >= 0.6 is 0 Å². The molecule has 3 N–H and O–H groups in total. The van der Waals surface area contributed by atoms with E-state index >= 15 is 0 Å². The normalized spacial score (nSPS) is 18.0. The Balaban J connectivity index is 1.59. The summed E-state index contributed by atoms with van der Waals surface area (Å²) < 4.78 is 6.04. The van der Waals surface area contributed by atoms with Crippen LogP contribution in [-0.2, 0) is 4.79 Å². The number of hydrogen-bond donors (Lipinski definition) is 3. The lowest BCUT2D eigenvalue weighted by molar-refractivity contribution is -0.153. The minimum absolute atomic E-state index is 0.00337. The van der Waals surface area contributed by atoms with E-state index in [2.05, 4.69) is 10.3 Å². The Hall–Kier alpha value is -3.34. The number of nitrogens with zero attached hydrogens (tertiary/aromatic N) is 2. The Bertz CT molecular complexity index is 1070. The number of hydrogen-bond acceptors (Lipinski definition) is 6. The second-order valence-corrected chi connectivity index (χ2v) is 8.48. The van der Waals surface area contributed by atoms with Crippen LogP contribution in [0.1, 0.15) is 67.5 Å². The quantitative estimate of drug-likeness (QED) is 0.647. The SMILES string of the molecule is N#Cc1nc(C(=O)NCC2(C(=O)O)CCC2)c(O)c2ccc(OC3CCCCC3)cc12. The molecule has 8 nitrogen and oxygen atoms in total. The van der Waals surface area contributed by atoms with Gasteiger partial charge in [-0.15, -0.1) is 0 Å². The van der Waals surface area contributed by atoms with Crippen molar-refractivity contribution in [2.45, 2.75) is 57.5 Å². The second kappa shape index (κ2) is 8.42. The zero-order chi connectivity index (χ0) is 22.0. The molecule has 1 heterocycles. The number of pyridine rings is 1. The molecule has 0 unspecified atom stereocenters. The maximum atomic E-state index is 12.7. The van der Waals surface area contributed by atoms with Gasteiger partial charge in [-0.2, -0.15) is 5.26 Å². The third-order valence-corrected chi connectivity index (χ3v) is 6.48. The van der Waals surface area contributed by atoms with Gasteiger partial charge in [-0.25, -0.2) is 4.98 Å². The summed E-state index contributed by atoms with van der Waals surface area (Å²) in [5.41, 5.74) is -1.25. The van der Waals surface area contributed by atoms with Crippen molar-refractivity contribution in [3.8, 4) is 17.6 Å². The molecule has 0 radical (unpaired) electrons. The number of aromatic hydroxyl groups is 1. The molecule has 8 heteroatoms. The number of carboxylic acid groups (broad SMARTS) is 1. The molecular formula is C23H25N3O5. The van der Waals surface area contributed by atoms with E-state index in [0.717, 1.165) is 32.1 Å². The van der Waals surface area contributed by atoms with E-state index in [-0.39, 0.29) is 29.8 Å². The molecule has 1 aromatic heterocycles. The summed E-state index contributed by atoms with van der Waals surface area (Å²) in [6.07, 6.45) is 7.37. The van der Waals surface area contributed by atoms with Gasteiger partial charge in [0.2, 0.25) is 0 Å². The average molecular weight is 423 g/mol. The molecule has 31 heavy (non-hydrogen) atoms. The van der Waals surface area contributed by atoms with Gasteiger partial charge in [-0.3, -0.25) is 9.59 Å². The Labute approximate surface area is 179 Å². The van der Waals surface area contributed by atoms with Crippen molar-refractivity contribution in [3.63, 3.8) is 0 Å². The lowest BCUT2D eigenvalue weighted by atomic mass is 9.69. The first-order valence-electron chi connectivity index (χ1n) is 10.7. The van der Waals surface area contributed by atoms with Crippen LogP contribution in [0.25, 0.3) is 10.8 Å². The predicted octanol–water partition coefficient (Wildman–Crippen LogP) is 3.51. The molecule has 2 aliphatic rings. The van der Waals surface area contributed by atoms with Crippen molar-refractivity contribution < 1.29 is 24.5 Å². The Kier molecular flexibility index (Phi) is 5.68. The van der Waals surface area contributed by atoms with Crippen LogP contribution in [-0.4, -0.2) is 39.7 Å². The highest BCUT2D eigenvalue weighted by molar-refractivity contribution is 6.03. The van der Waals surface area contributed by atoms with Gasteiger partial charge in [-0.05, 0) is 56.7 Å². The highest BCUT2D eigenvalue weighted by Gasteiger charge is 2.44. The fourth-order valence-electron chi connectivity index (χ4n) is 4.37. The van der Waals surface area contributed by atoms with E-state index in [1.165, 1.54) is 6.42 Å². The number of carbonyl (C=O) groups excluding carboxylic acids is 1. The van der Waals surface area contributed by atoms with Crippen molar-refractivity contribution >= 4 is 22.6 Å². The monoisotopic (exact) mass is 423 g/mol. The topological polar surface area (TPSA) is 133 Å². The molecule has 0 atom stereocenters. The molecule has 0 saturated heterocycles. The summed E-state index contributed by atoms with van der Waals surface area (Å²) >= 11 is 0. The first-order valence-corrected chi connectivity index (χ1v) is 10.7. The molecule has 2 fully saturated rings. The zero-order valence-electron chi connectivity index (χ0n) is 17.2. The number of nitriles is 1. The van der Waals surface area contributed by atoms with Crippen molar-refractivity contribution in [3.05, 3.63) is 29.6 Å². The third-order valence-electron chi connectivity index (χ3n) is 6.48. The fraction of sp³-hybridized carbons (Fsp3) is 0.478. The Morgan fingerprint density at radius 2 is 1.94 bits per heavy atom. The minimum atomic E-state index is -0.967. The van der Waals surface area contributed by atoms with Gasteiger partial charge >= 0.3 is 5.97 Å². The Morgan fingerprint density at radius 1 is 1.19 bits per heavy atom.